The zero-order chi connectivity index (χ0) is 17.8. The van der Waals surface area contributed by atoms with Crippen LogP contribution >= 0.6 is 11.3 Å². The lowest BCUT2D eigenvalue weighted by Gasteiger charge is -2.25. The zero-order valence-electron chi connectivity index (χ0n) is 14.5. The number of carbonyl (C=O) groups is 1. The van der Waals surface area contributed by atoms with Crippen LogP contribution in [-0.2, 0) is 0 Å². The average molecular weight is 363 g/mol. The number of benzene rings is 2. The smallest absolute Gasteiger partial charge is 0.268 e. The van der Waals surface area contributed by atoms with Crippen molar-refractivity contribution in [3.8, 4) is 11.3 Å². The minimum absolute atomic E-state index is 0.101. The Morgan fingerprint density at radius 3 is 2.27 bits per heavy atom. The van der Waals surface area contributed by atoms with Crippen LogP contribution in [0.2, 0.25) is 0 Å². The fraction of sp³-hybridized carbons (Fsp3) is 0.238. The van der Waals surface area contributed by atoms with E-state index in [1.807, 2.05) is 60.7 Å². The van der Waals surface area contributed by atoms with Crippen LogP contribution in [0.5, 0.6) is 0 Å². The number of piperidine rings is 1. The van der Waals surface area contributed by atoms with Crippen molar-refractivity contribution in [2.75, 3.05) is 23.3 Å². The number of thiazole rings is 1. The minimum atomic E-state index is -0.101. The molecule has 0 spiro atoms. The maximum Gasteiger partial charge on any atom is 0.268 e. The van der Waals surface area contributed by atoms with Gasteiger partial charge in [0.25, 0.3) is 5.91 Å². The second-order valence-electron chi connectivity index (χ2n) is 6.41. The Hall–Kier alpha value is -2.66. The summed E-state index contributed by atoms with van der Waals surface area (Å²) >= 11 is 1.49. The molecule has 1 fully saturated rings. The number of hydrogen-bond donors (Lipinski definition) is 1. The van der Waals surface area contributed by atoms with Gasteiger partial charge < -0.3 is 10.2 Å². The van der Waals surface area contributed by atoms with Crippen LogP contribution in [0.15, 0.2) is 60.7 Å². The molecule has 2 aromatic carbocycles. The van der Waals surface area contributed by atoms with Gasteiger partial charge in [0.1, 0.15) is 4.88 Å². The van der Waals surface area contributed by atoms with E-state index < -0.39 is 0 Å². The maximum atomic E-state index is 12.9. The first kappa shape index (κ1) is 16.8. The normalized spacial score (nSPS) is 14.2. The molecule has 1 amide bonds. The SMILES string of the molecule is O=C(Nc1ccccc1)c1sc(N2CCCCC2)nc1-c1ccccc1. The first-order valence-corrected chi connectivity index (χ1v) is 9.80. The lowest BCUT2D eigenvalue weighted by molar-refractivity contribution is 0.103. The molecule has 1 saturated heterocycles. The minimum Gasteiger partial charge on any atom is -0.348 e. The number of aromatic nitrogens is 1. The van der Waals surface area contributed by atoms with E-state index >= 15 is 0 Å². The molecule has 0 bridgehead atoms. The highest BCUT2D eigenvalue weighted by molar-refractivity contribution is 7.18. The Morgan fingerprint density at radius 1 is 0.923 bits per heavy atom. The molecule has 1 aliphatic rings. The molecule has 3 aromatic rings. The average Bonchev–Trinajstić information content (AvgIpc) is 3.16. The summed E-state index contributed by atoms with van der Waals surface area (Å²) in [7, 11) is 0. The third-order valence-corrected chi connectivity index (χ3v) is 5.64. The maximum absolute atomic E-state index is 12.9. The Bertz CT molecular complexity index is 871. The molecule has 5 heteroatoms. The van der Waals surface area contributed by atoms with Crippen molar-refractivity contribution < 1.29 is 4.79 Å². The predicted molar refractivity (Wildman–Crippen MR) is 108 cm³/mol. The van der Waals surface area contributed by atoms with Gasteiger partial charge in [0.2, 0.25) is 0 Å². The molecule has 0 aliphatic carbocycles. The van der Waals surface area contributed by atoms with E-state index in [4.69, 9.17) is 4.98 Å². The molecule has 132 valence electrons. The van der Waals surface area contributed by atoms with Crippen molar-refractivity contribution in [2.45, 2.75) is 19.3 Å². The molecular weight excluding hydrogens is 342 g/mol. The quantitative estimate of drug-likeness (QED) is 0.705. The van der Waals surface area contributed by atoms with Crippen molar-refractivity contribution in [1.82, 2.24) is 4.98 Å². The third-order valence-electron chi connectivity index (χ3n) is 4.53. The summed E-state index contributed by atoms with van der Waals surface area (Å²) in [6, 6.07) is 19.5. The van der Waals surface area contributed by atoms with Gasteiger partial charge in [-0.15, -0.1) is 0 Å². The molecule has 0 radical (unpaired) electrons. The van der Waals surface area contributed by atoms with Crippen molar-refractivity contribution in [3.05, 3.63) is 65.5 Å². The van der Waals surface area contributed by atoms with Crippen LogP contribution in [-0.4, -0.2) is 24.0 Å². The number of hydrogen-bond acceptors (Lipinski definition) is 4. The third kappa shape index (κ3) is 3.63. The van der Waals surface area contributed by atoms with Crippen molar-refractivity contribution in [1.29, 1.82) is 0 Å². The number of para-hydroxylation sites is 1. The summed E-state index contributed by atoms with van der Waals surface area (Å²) in [5, 5.41) is 3.94. The molecule has 26 heavy (non-hydrogen) atoms. The molecule has 4 rings (SSSR count). The monoisotopic (exact) mass is 363 g/mol. The predicted octanol–water partition coefficient (Wildman–Crippen LogP) is 5.05. The van der Waals surface area contributed by atoms with Crippen LogP contribution < -0.4 is 10.2 Å². The van der Waals surface area contributed by atoms with Crippen molar-refractivity contribution >= 4 is 28.1 Å². The zero-order valence-corrected chi connectivity index (χ0v) is 15.3. The first-order valence-electron chi connectivity index (χ1n) is 8.99. The number of nitrogens with zero attached hydrogens (tertiary/aromatic N) is 2. The number of anilines is 2. The summed E-state index contributed by atoms with van der Waals surface area (Å²) in [5.74, 6) is -0.101. The number of amides is 1. The Kier molecular flexibility index (Phi) is 4.97. The highest BCUT2D eigenvalue weighted by Crippen LogP contribution is 2.34. The molecule has 0 atom stereocenters. The van der Waals surface area contributed by atoms with Crippen LogP contribution in [0.25, 0.3) is 11.3 Å². The lowest BCUT2D eigenvalue weighted by Crippen LogP contribution is -2.29. The highest BCUT2D eigenvalue weighted by atomic mass is 32.1. The van der Waals surface area contributed by atoms with Crippen LogP contribution in [0, 0.1) is 0 Å². The standard InChI is InChI=1S/C21H21N3OS/c25-20(22-17-12-6-2-7-13-17)19-18(16-10-4-1-5-11-16)23-21(26-19)24-14-8-3-9-15-24/h1-2,4-7,10-13H,3,8-9,14-15H2,(H,22,25). The van der Waals surface area contributed by atoms with Gasteiger partial charge in [-0.2, -0.15) is 0 Å². The van der Waals surface area contributed by atoms with Gasteiger partial charge in [0, 0.05) is 24.3 Å². The van der Waals surface area contributed by atoms with Crippen molar-refractivity contribution in [3.63, 3.8) is 0 Å². The van der Waals surface area contributed by atoms with Gasteiger partial charge >= 0.3 is 0 Å². The largest absolute Gasteiger partial charge is 0.348 e. The molecule has 4 nitrogen and oxygen atoms in total. The highest BCUT2D eigenvalue weighted by Gasteiger charge is 2.23. The molecule has 0 saturated carbocycles. The Balaban J connectivity index is 1.69. The molecule has 1 N–H and O–H groups in total. The van der Waals surface area contributed by atoms with Gasteiger partial charge in [-0.3, -0.25) is 4.79 Å². The van der Waals surface area contributed by atoms with Crippen LogP contribution in [0.3, 0.4) is 0 Å². The second-order valence-corrected chi connectivity index (χ2v) is 7.39. The first-order chi connectivity index (χ1) is 12.8. The van der Waals surface area contributed by atoms with Gasteiger partial charge in [0.05, 0.1) is 5.69 Å². The molecular formula is C21H21N3OS. The van der Waals surface area contributed by atoms with E-state index in [1.165, 1.54) is 30.6 Å². The Labute approximate surface area is 157 Å². The van der Waals surface area contributed by atoms with E-state index in [0.717, 1.165) is 35.2 Å². The van der Waals surface area contributed by atoms with Crippen molar-refractivity contribution in [2.24, 2.45) is 0 Å². The molecule has 1 aromatic heterocycles. The summed E-state index contributed by atoms with van der Waals surface area (Å²) in [6.45, 7) is 2.03. The summed E-state index contributed by atoms with van der Waals surface area (Å²) in [5.41, 5.74) is 2.54. The van der Waals surface area contributed by atoms with Gasteiger partial charge in [-0.05, 0) is 31.4 Å². The molecule has 2 heterocycles. The van der Waals surface area contributed by atoms with Gasteiger partial charge in [-0.1, -0.05) is 59.9 Å². The number of rotatable bonds is 4. The lowest BCUT2D eigenvalue weighted by atomic mass is 10.1. The summed E-state index contributed by atoms with van der Waals surface area (Å²) < 4.78 is 0. The summed E-state index contributed by atoms with van der Waals surface area (Å²) in [6.07, 6.45) is 3.65. The van der Waals surface area contributed by atoms with E-state index in [9.17, 15) is 4.79 Å². The van der Waals surface area contributed by atoms with Crippen LogP contribution in [0.1, 0.15) is 28.9 Å². The number of carbonyl (C=O) groups excluding carboxylic acids is 1. The van der Waals surface area contributed by atoms with E-state index in [0.29, 0.717) is 4.88 Å². The number of nitrogens with one attached hydrogen (secondary N) is 1. The van der Waals surface area contributed by atoms with Gasteiger partial charge in [0.15, 0.2) is 5.13 Å². The van der Waals surface area contributed by atoms with Gasteiger partial charge in [-0.25, -0.2) is 4.98 Å². The van der Waals surface area contributed by atoms with E-state index in [-0.39, 0.29) is 5.91 Å². The topological polar surface area (TPSA) is 45.2 Å². The second kappa shape index (κ2) is 7.70. The molecule has 0 unspecified atom stereocenters. The molecule has 1 aliphatic heterocycles. The van der Waals surface area contributed by atoms with E-state index in [1.54, 1.807) is 0 Å². The fourth-order valence-corrected chi connectivity index (χ4v) is 4.22. The van der Waals surface area contributed by atoms with E-state index in [2.05, 4.69) is 10.2 Å². The fourth-order valence-electron chi connectivity index (χ4n) is 3.18. The van der Waals surface area contributed by atoms with Crippen LogP contribution in [0.4, 0.5) is 10.8 Å². The Morgan fingerprint density at radius 2 is 1.58 bits per heavy atom. The summed E-state index contributed by atoms with van der Waals surface area (Å²) in [4.78, 5) is 20.8.